The lowest BCUT2D eigenvalue weighted by atomic mass is 9.79. The summed E-state index contributed by atoms with van der Waals surface area (Å²) in [5.41, 5.74) is 3.00. The minimum atomic E-state index is -2.00. The molecule has 1 atom stereocenters. The van der Waals surface area contributed by atoms with E-state index >= 15 is 0 Å². The lowest BCUT2D eigenvalue weighted by Crippen LogP contribution is -2.47. The van der Waals surface area contributed by atoms with Gasteiger partial charge < -0.3 is 18.8 Å². The number of fused-ring (bicyclic) bond motifs is 2. The average molecular weight is 572 g/mol. The molecule has 214 valence electrons. The third-order valence-electron chi connectivity index (χ3n) is 9.01. The molecule has 4 rings (SSSR count). The number of piperidine rings is 1. The van der Waals surface area contributed by atoms with Crippen LogP contribution in [-0.4, -0.2) is 38.8 Å². The van der Waals surface area contributed by atoms with Gasteiger partial charge in [-0.15, -0.1) is 0 Å². The van der Waals surface area contributed by atoms with Gasteiger partial charge in [0.15, 0.2) is 0 Å². The van der Waals surface area contributed by atoms with E-state index in [0.717, 1.165) is 37.2 Å². The van der Waals surface area contributed by atoms with Crippen molar-refractivity contribution in [3.05, 3.63) is 64.2 Å². The number of carbonyl (C=O) groups excluding carboxylic acids is 1. The molecule has 1 fully saturated rings. The molecular formula is C32H46ClNO4Si. The van der Waals surface area contributed by atoms with Crippen LogP contribution in [0.1, 0.15) is 71.1 Å². The van der Waals surface area contributed by atoms with E-state index in [0.29, 0.717) is 18.2 Å². The SMILES string of the molecule is CC(C)(C)C(CN1CCC2(CC1)OCc1ccccc12)C(=O)OCc1cc(O[Si](C)(C)C(C)(C)C)ccc1Cl. The summed E-state index contributed by atoms with van der Waals surface area (Å²) in [7, 11) is -2.00. The zero-order valence-corrected chi connectivity index (χ0v) is 26.8. The van der Waals surface area contributed by atoms with Gasteiger partial charge in [-0.3, -0.25) is 4.79 Å². The maximum Gasteiger partial charge on any atom is 0.311 e. The largest absolute Gasteiger partial charge is 0.543 e. The number of hydrogen-bond donors (Lipinski definition) is 0. The molecule has 7 heteroatoms. The molecule has 2 aliphatic rings. The minimum absolute atomic E-state index is 0.0839. The van der Waals surface area contributed by atoms with Gasteiger partial charge in [0.1, 0.15) is 12.4 Å². The van der Waals surface area contributed by atoms with Gasteiger partial charge in [0.05, 0.1) is 18.1 Å². The molecule has 0 aliphatic carbocycles. The fourth-order valence-corrected chi connectivity index (χ4v) is 6.47. The van der Waals surface area contributed by atoms with Crippen molar-refractivity contribution in [2.75, 3.05) is 19.6 Å². The van der Waals surface area contributed by atoms with Crippen molar-refractivity contribution < 1.29 is 18.7 Å². The predicted octanol–water partition coefficient (Wildman–Crippen LogP) is 7.95. The molecule has 2 aromatic rings. The van der Waals surface area contributed by atoms with Gasteiger partial charge in [0.25, 0.3) is 0 Å². The number of benzene rings is 2. The zero-order chi connectivity index (χ0) is 28.6. The third kappa shape index (κ3) is 6.72. The first-order valence-corrected chi connectivity index (χ1v) is 17.5. The van der Waals surface area contributed by atoms with E-state index in [-0.39, 0.29) is 34.5 Å². The van der Waals surface area contributed by atoms with E-state index in [1.807, 2.05) is 18.2 Å². The first kappa shape index (κ1) is 30.1. The highest BCUT2D eigenvalue weighted by atomic mass is 35.5. The number of hydrogen-bond acceptors (Lipinski definition) is 5. The second-order valence-electron chi connectivity index (χ2n) is 13.9. The van der Waals surface area contributed by atoms with Crippen molar-refractivity contribution in [1.82, 2.24) is 4.90 Å². The smallest absolute Gasteiger partial charge is 0.311 e. The summed E-state index contributed by atoms with van der Waals surface area (Å²) in [5.74, 6) is 0.341. The molecule has 0 aromatic heterocycles. The highest BCUT2D eigenvalue weighted by Crippen LogP contribution is 2.44. The van der Waals surface area contributed by atoms with E-state index in [4.69, 9.17) is 25.5 Å². The second-order valence-corrected chi connectivity index (χ2v) is 19.0. The number of ether oxygens (including phenoxy) is 2. The van der Waals surface area contributed by atoms with Crippen LogP contribution in [-0.2, 0) is 33.1 Å². The van der Waals surface area contributed by atoms with E-state index in [1.54, 1.807) is 0 Å². The molecule has 0 bridgehead atoms. The van der Waals surface area contributed by atoms with Crippen LogP contribution in [0.5, 0.6) is 5.75 Å². The number of rotatable bonds is 7. The maximum atomic E-state index is 13.5. The molecule has 39 heavy (non-hydrogen) atoms. The highest BCUT2D eigenvalue weighted by molar-refractivity contribution is 6.74. The van der Waals surface area contributed by atoms with Crippen LogP contribution in [0.15, 0.2) is 42.5 Å². The van der Waals surface area contributed by atoms with Gasteiger partial charge in [-0.1, -0.05) is 77.4 Å². The van der Waals surface area contributed by atoms with Crippen LogP contribution < -0.4 is 4.43 Å². The molecule has 2 aromatic carbocycles. The number of esters is 1. The van der Waals surface area contributed by atoms with Crippen molar-refractivity contribution in [3.63, 3.8) is 0 Å². The topological polar surface area (TPSA) is 48.0 Å². The predicted molar refractivity (Wildman–Crippen MR) is 161 cm³/mol. The first-order valence-electron chi connectivity index (χ1n) is 14.2. The van der Waals surface area contributed by atoms with Crippen LogP contribution in [0.25, 0.3) is 0 Å². The Morgan fingerprint density at radius 2 is 1.74 bits per heavy atom. The summed E-state index contributed by atoms with van der Waals surface area (Å²) in [6, 6.07) is 14.2. The molecule has 1 saturated heterocycles. The minimum Gasteiger partial charge on any atom is -0.543 e. The number of carbonyl (C=O) groups is 1. The van der Waals surface area contributed by atoms with Gasteiger partial charge in [-0.25, -0.2) is 0 Å². The molecule has 5 nitrogen and oxygen atoms in total. The van der Waals surface area contributed by atoms with E-state index in [2.05, 4.69) is 83.8 Å². The van der Waals surface area contributed by atoms with Crippen molar-refractivity contribution in [1.29, 1.82) is 0 Å². The standard InChI is InChI=1S/C32H46ClNO4Si/c1-30(2,3)27(20-34-17-15-32(16-18-34)26-12-10-9-11-23(26)22-37-32)29(35)36-21-24-19-25(13-14-28(24)33)38-39(7,8)31(4,5)6/h9-14,19,27H,15-18,20-22H2,1-8H3. The fourth-order valence-electron chi connectivity index (χ4n) is 5.28. The number of nitrogens with zero attached hydrogens (tertiary/aromatic N) is 1. The molecule has 0 N–H and O–H groups in total. The van der Waals surface area contributed by atoms with Gasteiger partial charge in [-0.2, -0.15) is 0 Å². The second kappa shape index (κ2) is 11.2. The van der Waals surface area contributed by atoms with Gasteiger partial charge in [-0.05, 0) is 65.7 Å². The van der Waals surface area contributed by atoms with Crippen molar-refractivity contribution in [2.24, 2.45) is 11.3 Å². The molecule has 1 unspecified atom stereocenters. The van der Waals surface area contributed by atoms with Crippen LogP contribution in [0.4, 0.5) is 0 Å². The Balaban J connectivity index is 1.39. The average Bonchev–Trinajstić information content (AvgIpc) is 3.20. The number of halogens is 1. The Morgan fingerprint density at radius 3 is 2.38 bits per heavy atom. The summed E-state index contributed by atoms with van der Waals surface area (Å²) < 4.78 is 18.7. The quantitative estimate of drug-likeness (QED) is 0.249. The van der Waals surface area contributed by atoms with Crippen molar-refractivity contribution >= 4 is 25.9 Å². The molecule has 2 heterocycles. The molecular weight excluding hydrogens is 526 g/mol. The monoisotopic (exact) mass is 571 g/mol. The van der Waals surface area contributed by atoms with Crippen LogP contribution in [0.3, 0.4) is 0 Å². The zero-order valence-electron chi connectivity index (χ0n) is 25.0. The Bertz CT molecular complexity index is 1180. The van der Waals surface area contributed by atoms with Crippen LogP contribution >= 0.6 is 11.6 Å². The van der Waals surface area contributed by atoms with Crippen LogP contribution in [0, 0.1) is 11.3 Å². The lowest BCUT2D eigenvalue weighted by molar-refractivity contribution is -0.155. The summed E-state index contributed by atoms with van der Waals surface area (Å²) in [5, 5.41) is 0.663. The molecule has 0 amide bonds. The Labute approximate surface area is 241 Å². The van der Waals surface area contributed by atoms with E-state index in [1.165, 1.54) is 11.1 Å². The summed E-state index contributed by atoms with van der Waals surface area (Å²) in [6.45, 7) is 20.7. The maximum absolute atomic E-state index is 13.5. The van der Waals surface area contributed by atoms with E-state index < -0.39 is 8.32 Å². The molecule has 1 spiro atoms. The lowest BCUT2D eigenvalue weighted by Gasteiger charge is -2.41. The van der Waals surface area contributed by atoms with Gasteiger partial charge in [0.2, 0.25) is 8.32 Å². The molecule has 0 radical (unpaired) electrons. The van der Waals surface area contributed by atoms with Crippen molar-refractivity contribution in [3.8, 4) is 5.75 Å². The number of likely N-dealkylation sites (tertiary alicyclic amines) is 1. The fraction of sp³-hybridized carbons (Fsp3) is 0.594. The highest BCUT2D eigenvalue weighted by Gasteiger charge is 2.44. The Hall–Kier alpha value is -1.86. The summed E-state index contributed by atoms with van der Waals surface area (Å²) >= 11 is 6.51. The molecule has 0 saturated carbocycles. The first-order chi connectivity index (χ1) is 18.1. The summed E-state index contributed by atoms with van der Waals surface area (Å²) in [4.78, 5) is 15.9. The third-order valence-corrected chi connectivity index (χ3v) is 13.7. The van der Waals surface area contributed by atoms with Crippen molar-refractivity contribution in [2.45, 2.75) is 91.3 Å². The Kier molecular flexibility index (Phi) is 8.64. The summed E-state index contributed by atoms with van der Waals surface area (Å²) in [6.07, 6.45) is 1.87. The van der Waals surface area contributed by atoms with E-state index in [9.17, 15) is 4.79 Å². The molecule has 2 aliphatic heterocycles. The van der Waals surface area contributed by atoms with Gasteiger partial charge in [0, 0.05) is 30.2 Å². The Morgan fingerprint density at radius 1 is 1.08 bits per heavy atom. The normalized spacial score (nSPS) is 18.6. The van der Waals surface area contributed by atoms with Crippen LogP contribution in [0.2, 0.25) is 23.2 Å². The van der Waals surface area contributed by atoms with Gasteiger partial charge >= 0.3 is 5.97 Å².